The van der Waals surface area contributed by atoms with Gasteiger partial charge in [0, 0.05) is 21.9 Å². The van der Waals surface area contributed by atoms with Crippen molar-refractivity contribution >= 4 is 22.9 Å². The van der Waals surface area contributed by atoms with Gasteiger partial charge in [0.2, 0.25) is 0 Å². The second-order valence-corrected chi connectivity index (χ2v) is 7.31. The van der Waals surface area contributed by atoms with E-state index in [1.807, 2.05) is 25.3 Å². The lowest BCUT2D eigenvalue weighted by molar-refractivity contribution is 0.0938. The largest absolute Gasteiger partial charge is 0.342 e. The predicted octanol–water partition coefficient (Wildman–Crippen LogP) is 3.79. The van der Waals surface area contributed by atoms with E-state index < -0.39 is 0 Å². The van der Waals surface area contributed by atoms with Gasteiger partial charge in [-0.1, -0.05) is 0 Å². The van der Waals surface area contributed by atoms with Gasteiger partial charge >= 0.3 is 0 Å². The maximum absolute atomic E-state index is 13.1. The number of halogens is 1. The molecule has 0 bridgehead atoms. The molecule has 0 aliphatic carbocycles. The number of aryl methyl sites for hydroxylation is 1. The van der Waals surface area contributed by atoms with Crippen LogP contribution in [-0.4, -0.2) is 25.5 Å². The van der Waals surface area contributed by atoms with Crippen LogP contribution in [0.15, 0.2) is 48.1 Å². The molecule has 0 fully saturated rings. The average molecular weight is 381 g/mol. The summed E-state index contributed by atoms with van der Waals surface area (Å²) in [7, 11) is 0. The summed E-state index contributed by atoms with van der Waals surface area (Å²) in [5.74, 6) is 0.0409. The van der Waals surface area contributed by atoms with Gasteiger partial charge in [-0.2, -0.15) is 0 Å². The molecule has 8 heteroatoms. The number of hydrogen-bond donors (Lipinski definition) is 1. The molecule has 0 saturated carbocycles. The van der Waals surface area contributed by atoms with Gasteiger partial charge in [-0.15, -0.1) is 16.4 Å². The number of hydrogen-bond acceptors (Lipinski definition) is 5. The zero-order valence-electron chi connectivity index (χ0n) is 14.7. The summed E-state index contributed by atoms with van der Waals surface area (Å²) in [5, 5.41) is 9.12. The Hall–Kier alpha value is -3.13. The average Bonchev–Trinajstić information content (AvgIpc) is 3.28. The quantitative estimate of drug-likeness (QED) is 0.584. The molecule has 4 rings (SSSR count). The first-order chi connectivity index (χ1) is 13.0. The minimum atomic E-state index is -0.355. The molecular formula is C19H16FN5OS. The van der Waals surface area contributed by atoms with Crippen molar-refractivity contribution in [3.8, 4) is 11.3 Å². The van der Waals surface area contributed by atoms with Gasteiger partial charge in [0.25, 0.3) is 5.91 Å². The van der Waals surface area contributed by atoms with Gasteiger partial charge in [-0.05, 0) is 44.2 Å². The first kappa shape index (κ1) is 17.3. The summed E-state index contributed by atoms with van der Waals surface area (Å²) in [6.07, 6.45) is 1.56. The lowest BCUT2D eigenvalue weighted by Gasteiger charge is -2.09. The number of fused-ring (bicyclic) bond motifs is 1. The van der Waals surface area contributed by atoms with E-state index >= 15 is 0 Å². The summed E-state index contributed by atoms with van der Waals surface area (Å²) in [4.78, 5) is 22.2. The van der Waals surface area contributed by atoms with Crippen LogP contribution in [0.25, 0.3) is 16.9 Å². The van der Waals surface area contributed by atoms with Crippen LogP contribution in [0.1, 0.15) is 34.0 Å². The molecule has 0 aliphatic heterocycles. The molecule has 136 valence electrons. The summed E-state index contributed by atoms with van der Waals surface area (Å²) in [6.45, 7) is 3.79. The van der Waals surface area contributed by atoms with Crippen LogP contribution in [-0.2, 0) is 0 Å². The van der Waals surface area contributed by atoms with Crippen molar-refractivity contribution in [3.05, 3.63) is 70.2 Å². The SMILES string of the molecule is Cc1cc(C(=O)N[C@@H](C)c2nc3cc(-c4ccc(F)cc4)ncn3n2)cs1. The number of benzene rings is 1. The second kappa shape index (κ2) is 6.88. The Bertz CT molecular complexity index is 1120. The van der Waals surface area contributed by atoms with Crippen LogP contribution in [0.5, 0.6) is 0 Å². The van der Waals surface area contributed by atoms with E-state index in [4.69, 9.17) is 0 Å². The maximum Gasteiger partial charge on any atom is 0.252 e. The molecule has 4 aromatic rings. The molecule has 27 heavy (non-hydrogen) atoms. The Morgan fingerprint density at radius 2 is 2.04 bits per heavy atom. The molecule has 3 aromatic heterocycles. The number of nitrogens with zero attached hydrogens (tertiary/aromatic N) is 4. The third-order valence-corrected chi connectivity index (χ3v) is 4.98. The molecule has 1 aromatic carbocycles. The molecule has 1 atom stereocenters. The third-order valence-electron chi connectivity index (χ3n) is 4.11. The number of carbonyl (C=O) groups is 1. The van der Waals surface area contributed by atoms with E-state index in [1.54, 1.807) is 29.0 Å². The van der Waals surface area contributed by atoms with Crippen LogP contribution in [0.2, 0.25) is 0 Å². The van der Waals surface area contributed by atoms with Crippen LogP contribution in [0.4, 0.5) is 4.39 Å². The van der Waals surface area contributed by atoms with Crippen molar-refractivity contribution in [2.24, 2.45) is 0 Å². The molecular weight excluding hydrogens is 365 g/mol. The number of thiophene rings is 1. The number of carbonyl (C=O) groups excluding carboxylic acids is 1. The van der Waals surface area contributed by atoms with Gasteiger partial charge in [-0.3, -0.25) is 4.79 Å². The molecule has 1 amide bonds. The monoisotopic (exact) mass is 381 g/mol. The van der Waals surface area contributed by atoms with Gasteiger partial charge < -0.3 is 5.32 Å². The first-order valence-electron chi connectivity index (χ1n) is 8.34. The van der Waals surface area contributed by atoms with Gasteiger partial charge in [0.05, 0.1) is 17.3 Å². The van der Waals surface area contributed by atoms with E-state index in [9.17, 15) is 9.18 Å². The van der Waals surface area contributed by atoms with Crippen LogP contribution >= 0.6 is 11.3 Å². The second-order valence-electron chi connectivity index (χ2n) is 6.19. The van der Waals surface area contributed by atoms with Crippen LogP contribution < -0.4 is 5.32 Å². The third kappa shape index (κ3) is 3.56. The maximum atomic E-state index is 13.1. The normalized spacial score (nSPS) is 12.3. The summed E-state index contributed by atoms with van der Waals surface area (Å²) >= 11 is 1.53. The molecule has 0 spiro atoms. The topological polar surface area (TPSA) is 72.2 Å². The molecule has 3 heterocycles. The first-order valence-corrected chi connectivity index (χ1v) is 9.22. The standard InChI is InChI=1S/C19H16FN5OS/c1-11-7-14(9-27-11)19(26)22-12(2)18-23-17-8-16(21-10-25(17)24-18)13-3-5-15(20)6-4-13/h3-10,12H,1-2H3,(H,22,26)/t12-/m0/s1. The van der Waals surface area contributed by atoms with E-state index in [1.165, 1.54) is 23.5 Å². The minimum Gasteiger partial charge on any atom is -0.342 e. The minimum absolute atomic E-state index is 0.157. The fourth-order valence-corrected chi connectivity index (χ4v) is 3.36. The Balaban J connectivity index is 1.57. The Kier molecular flexibility index (Phi) is 4.41. The fraction of sp³-hybridized carbons (Fsp3) is 0.158. The highest BCUT2D eigenvalue weighted by molar-refractivity contribution is 7.10. The Morgan fingerprint density at radius 3 is 2.74 bits per heavy atom. The van der Waals surface area contributed by atoms with Crippen molar-refractivity contribution in [3.63, 3.8) is 0 Å². The summed E-state index contributed by atoms with van der Waals surface area (Å²) in [6, 6.07) is 9.38. The fourth-order valence-electron chi connectivity index (χ4n) is 2.68. The van der Waals surface area contributed by atoms with Crippen molar-refractivity contribution < 1.29 is 9.18 Å². The lowest BCUT2D eigenvalue weighted by Crippen LogP contribution is -2.27. The molecule has 0 saturated heterocycles. The van der Waals surface area contributed by atoms with Crippen molar-refractivity contribution in [2.45, 2.75) is 19.9 Å². The number of nitrogens with one attached hydrogen (secondary N) is 1. The highest BCUT2D eigenvalue weighted by Crippen LogP contribution is 2.19. The Labute approximate surface area is 158 Å². The van der Waals surface area contributed by atoms with E-state index in [2.05, 4.69) is 20.4 Å². The molecule has 1 N–H and O–H groups in total. The van der Waals surface area contributed by atoms with E-state index in [0.29, 0.717) is 22.7 Å². The molecule has 0 radical (unpaired) electrons. The van der Waals surface area contributed by atoms with Crippen molar-refractivity contribution in [2.75, 3.05) is 0 Å². The molecule has 0 aliphatic rings. The number of amides is 1. The smallest absolute Gasteiger partial charge is 0.252 e. The van der Waals surface area contributed by atoms with Gasteiger partial charge in [-0.25, -0.2) is 18.9 Å². The summed E-state index contributed by atoms with van der Waals surface area (Å²) in [5.41, 5.74) is 2.70. The lowest BCUT2D eigenvalue weighted by atomic mass is 10.1. The molecule has 6 nitrogen and oxygen atoms in total. The van der Waals surface area contributed by atoms with Crippen LogP contribution in [0, 0.1) is 12.7 Å². The van der Waals surface area contributed by atoms with Crippen molar-refractivity contribution in [1.29, 1.82) is 0 Å². The van der Waals surface area contributed by atoms with Crippen LogP contribution in [0.3, 0.4) is 0 Å². The number of rotatable bonds is 4. The van der Waals surface area contributed by atoms with Gasteiger partial charge in [0.15, 0.2) is 11.5 Å². The number of aromatic nitrogens is 4. The highest BCUT2D eigenvalue weighted by atomic mass is 32.1. The van der Waals surface area contributed by atoms with E-state index in [0.717, 1.165) is 10.4 Å². The zero-order valence-corrected chi connectivity index (χ0v) is 15.5. The summed E-state index contributed by atoms with van der Waals surface area (Å²) < 4.78 is 14.7. The Morgan fingerprint density at radius 1 is 1.26 bits per heavy atom. The molecule has 0 unspecified atom stereocenters. The van der Waals surface area contributed by atoms with Crippen molar-refractivity contribution in [1.82, 2.24) is 24.9 Å². The predicted molar refractivity (Wildman–Crippen MR) is 101 cm³/mol. The van der Waals surface area contributed by atoms with E-state index in [-0.39, 0.29) is 17.8 Å². The van der Waals surface area contributed by atoms with Gasteiger partial charge in [0.1, 0.15) is 12.1 Å². The highest BCUT2D eigenvalue weighted by Gasteiger charge is 2.17. The zero-order chi connectivity index (χ0) is 19.0.